The van der Waals surface area contributed by atoms with Crippen LogP contribution in [0.2, 0.25) is 0 Å². The van der Waals surface area contributed by atoms with E-state index in [1.165, 1.54) is 12.1 Å². The van der Waals surface area contributed by atoms with Crippen LogP contribution in [0.3, 0.4) is 0 Å². The Morgan fingerprint density at radius 1 is 0.804 bits per heavy atom. The Kier molecular flexibility index (Phi) is 11.6. The third-order valence-electron chi connectivity index (χ3n) is 9.76. The van der Waals surface area contributed by atoms with Crippen molar-refractivity contribution in [3.63, 3.8) is 0 Å². The third kappa shape index (κ3) is 8.82. The number of carboxylic acid groups (broad SMARTS) is 1. The average molecular weight is 900 g/mol. The Bertz CT molecular complexity index is 2350. The quantitative estimate of drug-likeness (QED) is 0.152. The van der Waals surface area contributed by atoms with E-state index < -0.39 is 23.6 Å². The molecule has 0 aliphatic carbocycles. The number of nitrogens with zero attached hydrogens (tertiary/aromatic N) is 4. The number of carbonyl (C=O) groups is 2. The van der Waals surface area contributed by atoms with Gasteiger partial charge in [0.2, 0.25) is 11.6 Å². The van der Waals surface area contributed by atoms with Crippen molar-refractivity contribution < 1.29 is 41.4 Å². The molecule has 8 rings (SSSR count). The van der Waals surface area contributed by atoms with Gasteiger partial charge < -0.3 is 34.2 Å². The number of carbonyl (C=O) groups excluding carboxylic acids is 1. The maximum absolute atomic E-state index is 12.9. The first-order valence-electron chi connectivity index (χ1n) is 17.8. The maximum Gasteiger partial charge on any atom is 0.416 e. The fourth-order valence-corrected chi connectivity index (χ4v) is 8.29. The smallest absolute Gasteiger partial charge is 0.416 e. The third-order valence-corrected chi connectivity index (χ3v) is 11.4. The SMILES string of the molecule is NC(=O)c1cc2c(Br)c(N3CCN(Cc4cccc(C(F)(F)F)c4)CC3)ccc2o1.O=C(O)c1cc2c(Br)c(N3CCC(Oc4ccccn4)CC3)ccc2o1. The number of ether oxygens (including phenoxy) is 1. The standard InChI is InChI=1S/C21H19BrF3N3O2.C19H17BrN2O4/c22-19-15-11-18(20(26)29)30-17(15)5-4-16(19)28-8-6-27(7-9-28)12-13-2-1-3-14(10-13)21(23,24)25;20-18-13-11-16(19(23)24)26-15(13)5-4-14(18)22-9-6-12(7-10-22)25-17-3-1-2-8-21-17/h1-5,10-11H,6-9,12H2,(H2,26,29);1-5,8,11-12H,6-7,9-10H2,(H,23,24). The van der Waals surface area contributed by atoms with Crippen molar-refractivity contribution in [2.24, 2.45) is 5.73 Å². The van der Waals surface area contributed by atoms with E-state index in [-0.39, 0.29) is 17.6 Å². The Balaban J connectivity index is 0.000000173. The van der Waals surface area contributed by atoms with Crippen molar-refractivity contribution in [1.82, 2.24) is 9.88 Å². The molecule has 0 unspecified atom stereocenters. The second kappa shape index (κ2) is 16.6. The number of rotatable bonds is 8. The van der Waals surface area contributed by atoms with Crippen LogP contribution in [0.4, 0.5) is 24.5 Å². The number of nitrogens with two attached hydrogens (primary N) is 1. The average Bonchev–Trinajstić information content (AvgIpc) is 3.84. The van der Waals surface area contributed by atoms with Crippen LogP contribution in [0.1, 0.15) is 45.1 Å². The van der Waals surface area contributed by atoms with Gasteiger partial charge in [-0.1, -0.05) is 24.3 Å². The van der Waals surface area contributed by atoms with Gasteiger partial charge in [-0.25, -0.2) is 9.78 Å². The zero-order valence-electron chi connectivity index (χ0n) is 29.8. The van der Waals surface area contributed by atoms with Gasteiger partial charge >= 0.3 is 12.1 Å². The molecule has 0 atom stereocenters. The Hall–Kier alpha value is -5.06. The number of piperazine rings is 1. The number of furan rings is 2. The van der Waals surface area contributed by atoms with Gasteiger partial charge in [0.1, 0.15) is 17.3 Å². The number of pyridine rings is 1. The van der Waals surface area contributed by atoms with E-state index in [0.717, 1.165) is 89.3 Å². The number of fused-ring (bicyclic) bond motifs is 2. The molecule has 0 radical (unpaired) electrons. The van der Waals surface area contributed by atoms with Gasteiger partial charge in [0, 0.05) is 87.8 Å². The second-order valence-electron chi connectivity index (χ2n) is 13.4. The highest BCUT2D eigenvalue weighted by molar-refractivity contribution is 9.11. The number of hydrogen-bond acceptors (Lipinski definition) is 9. The van der Waals surface area contributed by atoms with E-state index in [1.807, 2.05) is 36.4 Å². The van der Waals surface area contributed by atoms with Crippen LogP contribution in [0.25, 0.3) is 21.9 Å². The highest BCUT2D eigenvalue weighted by Gasteiger charge is 2.31. The number of benzene rings is 3. The minimum absolute atomic E-state index is 0.0553. The summed E-state index contributed by atoms with van der Waals surface area (Å²) in [5, 5.41) is 10.6. The number of hydrogen-bond donors (Lipinski definition) is 2. The molecule has 0 bridgehead atoms. The fraction of sp³-hybridized carbons (Fsp3) is 0.275. The van der Waals surface area contributed by atoms with Crippen molar-refractivity contribution >= 4 is 77.0 Å². The zero-order chi connectivity index (χ0) is 39.6. The van der Waals surface area contributed by atoms with Gasteiger partial charge in [-0.15, -0.1) is 0 Å². The van der Waals surface area contributed by atoms with E-state index >= 15 is 0 Å². The molecule has 0 saturated carbocycles. The van der Waals surface area contributed by atoms with Crippen LogP contribution < -0.4 is 20.3 Å². The fourth-order valence-electron chi connectivity index (χ4n) is 6.90. The first kappa shape index (κ1) is 39.2. The van der Waals surface area contributed by atoms with Crippen molar-refractivity contribution in [3.05, 3.63) is 117 Å². The molecule has 5 heterocycles. The summed E-state index contributed by atoms with van der Waals surface area (Å²) >= 11 is 7.21. The normalized spacial score (nSPS) is 15.5. The summed E-state index contributed by atoms with van der Waals surface area (Å²) in [6, 6.07) is 21.8. The van der Waals surface area contributed by atoms with Gasteiger partial charge in [-0.05, 0) is 79.9 Å². The van der Waals surface area contributed by atoms with Crippen LogP contribution in [0.15, 0.2) is 103 Å². The molecular formula is C40H36Br2F3N5O6. The van der Waals surface area contributed by atoms with Crippen LogP contribution in [-0.2, 0) is 12.7 Å². The van der Waals surface area contributed by atoms with Gasteiger partial charge in [-0.3, -0.25) is 9.69 Å². The molecule has 2 fully saturated rings. The first-order valence-corrected chi connectivity index (χ1v) is 19.4. The molecule has 2 saturated heterocycles. The highest BCUT2D eigenvalue weighted by Crippen LogP contribution is 2.38. The summed E-state index contributed by atoms with van der Waals surface area (Å²) in [5.74, 6) is -0.979. The van der Waals surface area contributed by atoms with Gasteiger partial charge in [0.05, 0.1) is 25.9 Å². The number of aromatic nitrogens is 1. The number of alkyl halides is 3. The number of piperidine rings is 1. The largest absolute Gasteiger partial charge is 0.475 e. The predicted molar refractivity (Wildman–Crippen MR) is 212 cm³/mol. The van der Waals surface area contributed by atoms with Crippen molar-refractivity contribution in [1.29, 1.82) is 0 Å². The molecule has 0 spiro atoms. The van der Waals surface area contributed by atoms with Crippen molar-refractivity contribution in [2.75, 3.05) is 49.1 Å². The molecular weight excluding hydrogens is 863 g/mol. The van der Waals surface area contributed by atoms with Gasteiger partial charge in [-0.2, -0.15) is 13.2 Å². The Morgan fingerprint density at radius 3 is 1.98 bits per heavy atom. The molecule has 56 heavy (non-hydrogen) atoms. The summed E-state index contributed by atoms with van der Waals surface area (Å²) < 4.78 is 57.2. The number of carboxylic acids is 1. The molecule has 1 amide bonds. The summed E-state index contributed by atoms with van der Waals surface area (Å²) in [6.45, 7) is 5.07. The van der Waals surface area contributed by atoms with Crippen LogP contribution in [0.5, 0.6) is 5.88 Å². The summed E-state index contributed by atoms with van der Waals surface area (Å²) in [6.07, 6.45) is -0.662. The molecule has 3 aromatic heterocycles. The lowest BCUT2D eigenvalue weighted by molar-refractivity contribution is -0.137. The monoisotopic (exact) mass is 897 g/mol. The minimum atomic E-state index is -4.33. The molecule has 2 aliphatic rings. The summed E-state index contributed by atoms with van der Waals surface area (Å²) in [5.41, 5.74) is 8.46. The summed E-state index contributed by atoms with van der Waals surface area (Å²) in [4.78, 5) is 33.3. The predicted octanol–water partition coefficient (Wildman–Crippen LogP) is 8.97. The number of anilines is 2. The van der Waals surface area contributed by atoms with Crippen LogP contribution in [0, 0.1) is 0 Å². The van der Waals surface area contributed by atoms with Crippen molar-refractivity contribution in [2.45, 2.75) is 31.7 Å². The molecule has 2 aliphatic heterocycles. The maximum atomic E-state index is 12.9. The van der Waals surface area contributed by atoms with Crippen LogP contribution >= 0.6 is 31.9 Å². The summed E-state index contributed by atoms with van der Waals surface area (Å²) in [7, 11) is 0. The molecule has 292 valence electrons. The highest BCUT2D eigenvalue weighted by atomic mass is 79.9. The van der Waals surface area contributed by atoms with Gasteiger partial charge in [0.15, 0.2) is 5.76 Å². The lowest BCUT2D eigenvalue weighted by Gasteiger charge is -2.36. The second-order valence-corrected chi connectivity index (χ2v) is 15.0. The molecule has 16 heteroatoms. The van der Waals surface area contributed by atoms with E-state index in [1.54, 1.807) is 30.5 Å². The lowest BCUT2D eigenvalue weighted by atomic mass is 10.1. The molecule has 3 N–H and O–H groups in total. The topological polar surface area (TPSA) is 139 Å². The Morgan fingerprint density at radius 2 is 1.41 bits per heavy atom. The molecule has 3 aromatic carbocycles. The first-order chi connectivity index (χ1) is 26.8. The minimum Gasteiger partial charge on any atom is -0.475 e. The number of primary amides is 1. The number of halogens is 5. The number of amides is 1. The van der Waals surface area contributed by atoms with E-state index in [0.29, 0.717) is 29.2 Å². The Labute approximate surface area is 336 Å². The zero-order valence-corrected chi connectivity index (χ0v) is 32.9. The van der Waals surface area contributed by atoms with Crippen molar-refractivity contribution in [3.8, 4) is 5.88 Å². The van der Waals surface area contributed by atoms with Gasteiger partial charge in [0.25, 0.3) is 5.91 Å². The molecule has 11 nitrogen and oxygen atoms in total. The van der Waals surface area contributed by atoms with E-state index in [2.05, 4.69) is 51.5 Å². The van der Waals surface area contributed by atoms with Crippen LogP contribution in [-0.4, -0.2) is 72.2 Å². The number of aromatic carboxylic acids is 1. The van der Waals surface area contributed by atoms with E-state index in [9.17, 15) is 22.8 Å². The molecule has 6 aromatic rings. The van der Waals surface area contributed by atoms with E-state index in [4.69, 9.17) is 24.4 Å². The lowest BCUT2D eigenvalue weighted by Crippen LogP contribution is -2.46.